The molecule has 0 aromatic carbocycles. The summed E-state index contributed by atoms with van der Waals surface area (Å²) in [6.07, 6.45) is 63.9. The Morgan fingerprint density at radius 1 is 0.492 bits per heavy atom. The molecule has 3 atom stereocenters. The van der Waals surface area contributed by atoms with Gasteiger partial charge in [-0.05, 0) is 83.5 Å². The Labute approximate surface area is 390 Å². The highest BCUT2D eigenvalue weighted by molar-refractivity contribution is 5.77. The molecule has 0 aliphatic carbocycles. The van der Waals surface area contributed by atoms with Crippen molar-refractivity contribution < 1.29 is 24.5 Å². The number of aliphatic hydroxyl groups is 2. The summed E-state index contributed by atoms with van der Waals surface area (Å²) in [7, 11) is 0. The van der Waals surface area contributed by atoms with Crippen LogP contribution in [0.5, 0.6) is 0 Å². The zero-order chi connectivity index (χ0) is 45.9. The van der Waals surface area contributed by atoms with Crippen LogP contribution in [0.3, 0.4) is 0 Å². The van der Waals surface area contributed by atoms with E-state index in [0.717, 1.165) is 109 Å². The van der Waals surface area contributed by atoms with Gasteiger partial charge in [-0.15, -0.1) is 0 Å². The molecule has 63 heavy (non-hydrogen) atoms. The monoisotopic (exact) mass is 880 g/mol. The lowest BCUT2D eigenvalue weighted by Gasteiger charge is -2.24. The van der Waals surface area contributed by atoms with Gasteiger partial charge < -0.3 is 20.3 Å². The van der Waals surface area contributed by atoms with Gasteiger partial charge in [0, 0.05) is 6.42 Å². The van der Waals surface area contributed by atoms with E-state index in [0.29, 0.717) is 19.3 Å². The zero-order valence-electron chi connectivity index (χ0n) is 41.4. The van der Waals surface area contributed by atoms with Gasteiger partial charge in [-0.1, -0.05) is 229 Å². The zero-order valence-corrected chi connectivity index (χ0v) is 41.4. The van der Waals surface area contributed by atoms with E-state index >= 15 is 0 Å². The molecule has 0 saturated heterocycles. The fourth-order valence-electron chi connectivity index (χ4n) is 7.79. The van der Waals surface area contributed by atoms with Crippen molar-refractivity contribution in [1.29, 1.82) is 0 Å². The molecule has 3 N–H and O–H groups in total. The van der Waals surface area contributed by atoms with Gasteiger partial charge in [0.2, 0.25) is 5.91 Å². The Kier molecular flexibility index (Phi) is 48.1. The number of rotatable bonds is 47. The fraction of sp³-hybridized carbons (Fsp3) is 0.754. The number of carbonyl (C=O) groups excluding carboxylic acids is 2. The molecule has 0 aromatic rings. The third-order valence-corrected chi connectivity index (χ3v) is 11.8. The van der Waals surface area contributed by atoms with Crippen molar-refractivity contribution >= 4 is 11.9 Å². The van der Waals surface area contributed by atoms with Crippen LogP contribution in [0.15, 0.2) is 72.9 Å². The maximum Gasteiger partial charge on any atom is 0.306 e. The summed E-state index contributed by atoms with van der Waals surface area (Å²) >= 11 is 0. The number of ether oxygens (including phenoxy) is 1. The lowest BCUT2D eigenvalue weighted by Crippen LogP contribution is -2.46. The van der Waals surface area contributed by atoms with Crippen molar-refractivity contribution in [3.63, 3.8) is 0 Å². The summed E-state index contributed by atoms with van der Waals surface area (Å²) in [5.41, 5.74) is 0. The van der Waals surface area contributed by atoms with Crippen LogP contribution in [0.2, 0.25) is 0 Å². The Hall–Kier alpha value is -2.70. The average Bonchev–Trinajstić information content (AvgIpc) is 3.28. The second-order valence-electron chi connectivity index (χ2n) is 18.0. The minimum atomic E-state index is -0.800. The number of aliphatic hydroxyl groups excluding tert-OH is 2. The average molecular weight is 880 g/mol. The van der Waals surface area contributed by atoms with E-state index < -0.39 is 18.2 Å². The van der Waals surface area contributed by atoms with E-state index in [1.165, 1.54) is 96.3 Å². The molecule has 0 aromatic heterocycles. The molecular weight excluding hydrogens is 779 g/mol. The highest BCUT2D eigenvalue weighted by Gasteiger charge is 2.24. The minimum Gasteiger partial charge on any atom is -0.462 e. The lowest BCUT2D eigenvalue weighted by atomic mass is 10.0. The quantitative estimate of drug-likeness (QED) is 0.0245. The van der Waals surface area contributed by atoms with Gasteiger partial charge in [0.25, 0.3) is 0 Å². The lowest BCUT2D eigenvalue weighted by molar-refractivity contribution is -0.151. The Morgan fingerprint density at radius 3 is 1.46 bits per heavy atom. The molecule has 0 radical (unpaired) electrons. The maximum absolute atomic E-state index is 13.2. The molecule has 0 fully saturated rings. The van der Waals surface area contributed by atoms with Crippen molar-refractivity contribution in [1.82, 2.24) is 5.32 Å². The third kappa shape index (κ3) is 45.7. The number of amides is 1. The molecule has 0 aliphatic heterocycles. The van der Waals surface area contributed by atoms with Crippen molar-refractivity contribution in [3.8, 4) is 0 Å². The molecular formula is C57H101NO5. The predicted molar refractivity (Wildman–Crippen MR) is 273 cm³/mol. The van der Waals surface area contributed by atoms with Gasteiger partial charge >= 0.3 is 5.97 Å². The van der Waals surface area contributed by atoms with Crippen LogP contribution in [0.25, 0.3) is 0 Å². The van der Waals surface area contributed by atoms with E-state index in [4.69, 9.17) is 4.74 Å². The van der Waals surface area contributed by atoms with E-state index in [1.807, 2.05) is 0 Å². The predicted octanol–water partition coefficient (Wildman–Crippen LogP) is 16.2. The molecule has 6 nitrogen and oxygen atoms in total. The van der Waals surface area contributed by atoms with Crippen molar-refractivity contribution in [2.45, 2.75) is 270 Å². The Morgan fingerprint density at radius 2 is 0.921 bits per heavy atom. The number of allylic oxidation sites excluding steroid dienone is 12. The standard InChI is InChI=1S/C57H101NO5/c1-4-7-10-13-16-19-22-25-27-28-29-32-35-38-41-44-47-50-57(62)63-53(48-45-42-39-36-33-30-24-21-18-15-12-9-6-3)51-56(61)58-54(52-59)55(60)49-46-43-40-37-34-31-26-23-20-17-14-11-8-5-2/h9,12,15-16,18-19,21,24-25,27,29,32,53-55,59-60H,4-8,10-11,13-14,17,20,22-23,26,28,30-31,33-52H2,1-3H3,(H,58,61)/b12-9+,18-15+,19-16-,24-21+,27-25-,32-29-. The second kappa shape index (κ2) is 50.3. The van der Waals surface area contributed by atoms with E-state index in [2.05, 4.69) is 99.0 Å². The van der Waals surface area contributed by atoms with Crippen LogP contribution in [-0.2, 0) is 14.3 Å². The van der Waals surface area contributed by atoms with Crippen molar-refractivity contribution in [3.05, 3.63) is 72.9 Å². The Bertz CT molecular complexity index is 1170. The molecule has 0 bridgehead atoms. The summed E-state index contributed by atoms with van der Waals surface area (Å²) in [6.45, 7) is 6.32. The first-order valence-corrected chi connectivity index (χ1v) is 26.7. The molecule has 6 heteroatoms. The molecule has 1 amide bonds. The highest BCUT2D eigenvalue weighted by Crippen LogP contribution is 2.18. The number of hydrogen-bond donors (Lipinski definition) is 3. The number of hydrogen-bond acceptors (Lipinski definition) is 5. The smallest absolute Gasteiger partial charge is 0.306 e. The largest absolute Gasteiger partial charge is 0.462 e. The van der Waals surface area contributed by atoms with Gasteiger partial charge in [0.05, 0.1) is 25.2 Å². The molecule has 0 rings (SSSR count). The third-order valence-electron chi connectivity index (χ3n) is 11.8. The molecule has 0 spiro atoms. The van der Waals surface area contributed by atoms with Gasteiger partial charge in [-0.25, -0.2) is 0 Å². The van der Waals surface area contributed by atoms with E-state index in [-0.39, 0.29) is 24.9 Å². The SMILES string of the molecule is CC/C=C/C=C/C=C/CCCCCCCC(CC(=O)NC(CO)C(O)CCCCCCCCCCCCCCCC)OC(=O)CCCCCC/C=C\C/C=C\C/C=C\CCCCC. The van der Waals surface area contributed by atoms with Crippen LogP contribution < -0.4 is 5.32 Å². The van der Waals surface area contributed by atoms with E-state index in [1.54, 1.807) is 0 Å². The van der Waals surface area contributed by atoms with Crippen LogP contribution in [0, 0.1) is 0 Å². The number of nitrogens with one attached hydrogen (secondary N) is 1. The van der Waals surface area contributed by atoms with Gasteiger partial charge in [0.1, 0.15) is 6.10 Å². The summed E-state index contributed by atoms with van der Waals surface area (Å²) in [6, 6.07) is -0.716. The molecule has 0 aliphatic rings. The number of esters is 1. The minimum absolute atomic E-state index is 0.0524. The first-order valence-electron chi connectivity index (χ1n) is 26.7. The fourth-order valence-corrected chi connectivity index (χ4v) is 7.79. The van der Waals surface area contributed by atoms with Gasteiger partial charge in [-0.2, -0.15) is 0 Å². The summed E-state index contributed by atoms with van der Waals surface area (Å²) in [5.74, 6) is -0.520. The first kappa shape index (κ1) is 60.3. The molecule has 0 saturated carbocycles. The summed E-state index contributed by atoms with van der Waals surface area (Å²) < 4.78 is 5.92. The molecule has 364 valence electrons. The number of unbranched alkanes of at least 4 members (excludes halogenated alkanes) is 25. The summed E-state index contributed by atoms with van der Waals surface area (Å²) in [5, 5.41) is 23.8. The van der Waals surface area contributed by atoms with Crippen LogP contribution in [0.1, 0.15) is 252 Å². The Balaban J connectivity index is 4.62. The maximum atomic E-state index is 13.2. The normalized spacial score (nSPS) is 13.8. The van der Waals surface area contributed by atoms with Crippen LogP contribution >= 0.6 is 0 Å². The second-order valence-corrected chi connectivity index (χ2v) is 18.0. The van der Waals surface area contributed by atoms with E-state index in [9.17, 15) is 19.8 Å². The topological polar surface area (TPSA) is 95.9 Å². The van der Waals surface area contributed by atoms with Crippen molar-refractivity contribution in [2.24, 2.45) is 0 Å². The summed E-state index contributed by atoms with van der Waals surface area (Å²) in [4.78, 5) is 26.2. The molecule has 3 unspecified atom stereocenters. The van der Waals surface area contributed by atoms with Crippen LogP contribution in [0.4, 0.5) is 0 Å². The van der Waals surface area contributed by atoms with Gasteiger partial charge in [0.15, 0.2) is 0 Å². The molecule has 0 heterocycles. The number of carbonyl (C=O) groups is 2. The van der Waals surface area contributed by atoms with Crippen molar-refractivity contribution in [2.75, 3.05) is 6.61 Å². The first-order chi connectivity index (χ1) is 31.0. The highest BCUT2D eigenvalue weighted by atomic mass is 16.5. The van der Waals surface area contributed by atoms with Gasteiger partial charge in [-0.3, -0.25) is 9.59 Å². The van der Waals surface area contributed by atoms with Crippen LogP contribution in [-0.4, -0.2) is 46.9 Å².